The summed E-state index contributed by atoms with van der Waals surface area (Å²) < 4.78 is 0. The number of carbonyl (C=O) groups is 1. The minimum atomic E-state index is -0.972. The Morgan fingerprint density at radius 3 is 2.84 bits per heavy atom. The van der Waals surface area contributed by atoms with Crippen LogP contribution in [0.15, 0.2) is 18.3 Å². The molecule has 0 bridgehead atoms. The third-order valence-electron chi connectivity index (χ3n) is 3.85. The van der Waals surface area contributed by atoms with Crippen molar-refractivity contribution in [1.29, 1.82) is 0 Å². The molecule has 5 nitrogen and oxygen atoms in total. The lowest BCUT2D eigenvalue weighted by atomic mass is 9.99. The smallest absolute Gasteiger partial charge is 0.354 e. The lowest BCUT2D eigenvalue weighted by molar-refractivity contribution is 0.0359. The summed E-state index contributed by atoms with van der Waals surface area (Å²) in [5.41, 5.74) is 1.28. The number of aromatic carboxylic acids is 1. The largest absolute Gasteiger partial charge is 0.477 e. The van der Waals surface area contributed by atoms with Gasteiger partial charge in [0.15, 0.2) is 0 Å². The molecule has 1 fully saturated rings. The molecule has 1 saturated heterocycles. The first kappa shape index (κ1) is 14.0. The number of piperazine rings is 1. The van der Waals surface area contributed by atoms with Crippen LogP contribution >= 0.6 is 0 Å². The molecule has 0 amide bonds. The van der Waals surface area contributed by atoms with Gasteiger partial charge in [-0.2, -0.15) is 0 Å². The van der Waals surface area contributed by atoms with Gasteiger partial charge in [0.05, 0.1) is 0 Å². The summed E-state index contributed by atoms with van der Waals surface area (Å²) in [4.78, 5) is 19.5. The third-order valence-corrected chi connectivity index (χ3v) is 3.85. The van der Waals surface area contributed by atoms with Crippen LogP contribution in [0.4, 0.5) is 0 Å². The summed E-state index contributed by atoms with van der Waals surface area (Å²) >= 11 is 0. The van der Waals surface area contributed by atoms with Crippen LogP contribution in [0, 0.1) is 0 Å². The number of hydrogen-bond donors (Lipinski definition) is 1. The quantitative estimate of drug-likeness (QED) is 0.891. The maximum atomic E-state index is 10.9. The van der Waals surface area contributed by atoms with Gasteiger partial charge in [-0.05, 0) is 38.6 Å². The van der Waals surface area contributed by atoms with Crippen LogP contribution < -0.4 is 0 Å². The molecule has 2 rings (SSSR count). The molecule has 1 aromatic heterocycles. The molecule has 104 valence electrons. The summed E-state index contributed by atoms with van der Waals surface area (Å²) in [6, 6.07) is 3.55. The Morgan fingerprint density at radius 2 is 2.21 bits per heavy atom. The first-order chi connectivity index (χ1) is 8.88. The van der Waals surface area contributed by atoms with Crippen LogP contribution in [0.25, 0.3) is 0 Å². The van der Waals surface area contributed by atoms with E-state index in [-0.39, 0.29) is 11.2 Å². The van der Waals surface area contributed by atoms with E-state index in [1.807, 2.05) is 6.07 Å². The molecule has 1 aromatic rings. The monoisotopic (exact) mass is 263 g/mol. The molecule has 2 heterocycles. The van der Waals surface area contributed by atoms with Gasteiger partial charge in [-0.15, -0.1) is 0 Å². The fourth-order valence-electron chi connectivity index (χ4n) is 2.42. The van der Waals surface area contributed by atoms with Crippen molar-refractivity contribution in [1.82, 2.24) is 14.8 Å². The summed E-state index contributed by atoms with van der Waals surface area (Å²) in [5.74, 6) is -0.972. The van der Waals surface area contributed by atoms with Gasteiger partial charge in [-0.25, -0.2) is 9.78 Å². The highest BCUT2D eigenvalue weighted by Crippen LogP contribution is 2.20. The number of hydrogen-bond acceptors (Lipinski definition) is 4. The topological polar surface area (TPSA) is 56.7 Å². The van der Waals surface area contributed by atoms with Crippen molar-refractivity contribution in [2.45, 2.75) is 25.9 Å². The molecular formula is C14H21N3O2. The van der Waals surface area contributed by atoms with Gasteiger partial charge in [0.1, 0.15) is 5.69 Å². The fraction of sp³-hybridized carbons (Fsp3) is 0.571. The molecule has 0 aromatic carbocycles. The third kappa shape index (κ3) is 3.30. The Morgan fingerprint density at radius 1 is 1.47 bits per heavy atom. The van der Waals surface area contributed by atoms with Crippen molar-refractivity contribution in [3.05, 3.63) is 29.6 Å². The molecule has 1 N–H and O–H groups in total. The molecule has 1 aliphatic rings. The maximum absolute atomic E-state index is 10.9. The highest BCUT2D eigenvalue weighted by Gasteiger charge is 2.30. The van der Waals surface area contributed by atoms with E-state index in [2.05, 4.69) is 35.7 Å². The van der Waals surface area contributed by atoms with Crippen LogP contribution in [0.1, 0.15) is 29.9 Å². The van der Waals surface area contributed by atoms with E-state index in [9.17, 15) is 4.79 Å². The standard InChI is InChI=1S/C14H21N3O2/c1-14(2)10-17(7-6-16(14)3)9-11-4-5-15-12(8-11)13(18)19/h4-5,8H,6-7,9-10H2,1-3H3,(H,18,19). The molecule has 0 spiro atoms. The molecule has 1 aliphatic heterocycles. The Labute approximate surface area is 113 Å². The molecule has 0 radical (unpaired) electrons. The minimum Gasteiger partial charge on any atom is -0.477 e. The number of likely N-dealkylation sites (N-methyl/N-ethyl adjacent to an activating group) is 1. The second kappa shape index (κ2) is 5.27. The number of pyridine rings is 1. The second-order valence-corrected chi connectivity index (χ2v) is 5.80. The lowest BCUT2D eigenvalue weighted by Gasteiger charge is -2.45. The van der Waals surface area contributed by atoms with Gasteiger partial charge in [-0.1, -0.05) is 0 Å². The molecule has 0 atom stereocenters. The molecule has 0 saturated carbocycles. The Kier molecular flexibility index (Phi) is 3.87. The van der Waals surface area contributed by atoms with Gasteiger partial charge >= 0.3 is 5.97 Å². The second-order valence-electron chi connectivity index (χ2n) is 5.80. The highest BCUT2D eigenvalue weighted by molar-refractivity contribution is 5.85. The molecule has 0 aliphatic carbocycles. The van der Waals surface area contributed by atoms with Crippen LogP contribution in [0.3, 0.4) is 0 Å². The summed E-state index contributed by atoms with van der Waals surface area (Å²) in [6.45, 7) is 8.26. The lowest BCUT2D eigenvalue weighted by Crippen LogP contribution is -2.57. The van der Waals surface area contributed by atoms with Crippen LogP contribution in [-0.2, 0) is 6.54 Å². The van der Waals surface area contributed by atoms with Gasteiger partial charge in [-0.3, -0.25) is 9.80 Å². The van der Waals surface area contributed by atoms with Crippen molar-refractivity contribution in [2.24, 2.45) is 0 Å². The first-order valence-corrected chi connectivity index (χ1v) is 6.50. The zero-order valence-electron chi connectivity index (χ0n) is 11.8. The van der Waals surface area contributed by atoms with E-state index < -0.39 is 5.97 Å². The summed E-state index contributed by atoms with van der Waals surface area (Å²) in [6.07, 6.45) is 1.57. The number of rotatable bonds is 3. The number of aromatic nitrogens is 1. The van der Waals surface area contributed by atoms with E-state index in [4.69, 9.17) is 5.11 Å². The van der Waals surface area contributed by atoms with Crippen molar-refractivity contribution in [2.75, 3.05) is 26.7 Å². The summed E-state index contributed by atoms with van der Waals surface area (Å²) in [7, 11) is 2.15. The fourth-order valence-corrected chi connectivity index (χ4v) is 2.42. The molecule has 5 heteroatoms. The van der Waals surface area contributed by atoms with Crippen LogP contribution in [0.2, 0.25) is 0 Å². The molecule has 19 heavy (non-hydrogen) atoms. The Balaban J connectivity index is 2.05. The predicted molar refractivity (Wildman–Crippen MR) is 73.2 cm³/mol. The Hall–Kier alpha value is -1.46. The highest BCUT2D eigenvalue weighted by atomic mass is 16.4. The van der Waals surface area contributed by atoms with Gasteiger partial charge in [0.2, 0.25) is 0 Å². The van der Waals surface area contributed by atoms with Crippen molar-refractivity contribution >= 4 is 5.97 Å². The average molecular weight is 263 g/mol. The average Bonchev–Trinajstić information content (AvgIpc) is 2.34. The predicted octanol–water partition coefficient (Wildman–Crippen LogP) is 1.31. The Bertz CT molecular complexity index is 474. The van der Waals surface area contributed by atoms with E-state index in [1.54, 1.807) is 12.3 Å². The van der Waals surface area contributed by atoms with E-state index in [0.717, 1.165) is 31.7 Å². The maximum Gasteiger partial charge on any atom is 0.354 e. The minimum absolute atomic E-state index is 0.117. The van der Waals surface area contributed by atoms with E-state index >= 15 is 0 Å². The van der Waals surface area contributed by atoms with Crippen LogP contribution in [-0.4, -0.2) is 58.1 Å². The first-order valence-electron chi connectivity index (χ1n) is 6.50. The SMILES string of the molecule is CN1CCN(Cc2ccnc(C(=O)O)c2)CC1(C)C. The van der Waals surface area contributed by atoms with Crippen molar-refractivity contribution in [3.8, 4) is 0 Å². The van der Waals surface area contributed by atoms with Gasteiger partial charge in [0, 0.05) is 37.9 Å². The van der Waals surface area contributed by atoms with Crippen molar-refractivity contribution < 1.29 is 9.90 Å². The van der Waals surface area contributed by atoms with E-state index in [1.165, 1.54) is 0 Å². The molecule has 0 unspecified atom stereocenters. The van der Waals surface area contributed by atoms with Crippen molar-refractivity contribution in [3.63, 3.8) is 0 Å². The zero-order valence-corrected chi connectivity index (χ0v) is 11.8. The zero-order chi connectivity index (χ0) is 14.0. The summed E-state index contributed by atoms with van der Waals surface area (Å²) in [5, 5.41) is 8.95. The van der Waals surface area contributed by atoms with Gasteiger partial charge in [0.25, 0.3) is 0 Å². The number of carboxylic acids is 1. The normalized spacial score (nSPS) is 20.4. The molecular weight excluding hydrogens is 242 g/mol. The number of carboxylic acid groups (broad SMARTS) is 1. The van der Waals surface area contributed by atoms with E-state index in [0.29, 0.717) is 0 Å². The van der Waals surface area contributed by atoms with Crippen LogP contribution in [0.5, 0.6) is 0 Å². The number of nitrogens with zero attached hydrogens (tertiary/aromatic N) is 3. The van der Waals surface area contributed by atoms with Gasteiger partial charge < -0.3 is 5.11 Å².